The number of hydrogen-bond donors (Lipinski definition) is 2. The Balaban J connectivity index is 2.23. The van der Waals surface area contributed by atoms with Crippen LogP contribution in [0.5, 0.6) is 0 Å². The molecule has 0 aliphatic carbocycles. The first-order chi connectivity index (χ1) is 9.61. The van der Waals surface area contributed by atoms with Gasteiger partial charge in [-0.1, -0.05) is 25.4 Å². The molecule has 0 amide bonds. The van der Waals surface area contributed by atoms with Crippen LogP contribution in [0.1, 0.15) is 36.9 Å². The van der Waals surface area contributed by atoms with E-state index in [4.69, 9.17) is 16.0 Å². The molecule has 2 unspecified atom stereocenters. The van der Waals surface area contributed by atoms with Gasteiger partial charge in [-0.25, -0.2) is 0 Å². The van der Waals surface area contributed by atoms with E-state index in [-0.39, 0.29) is 18.7 Å². The van der Waals surface area contributed by atoms with Crippen LogP contribution in [-0.4, -0.2) is 17.8 Å². The van der Waals surface area contributed by atoms with Gasteiger partial charge in [0.05, 0.1) is 10.6 Å². The fourth-order valence-corrected chi connectivity index (χ4v) is 3.34. The molecule has 0 aliphatic rings. The second-order valence-electron chi connectivity index (χ2n) is 5.12. The molecule has 0 aliphatic heterocycles. The molecule has 20 heavy (non-hydrogen) atoms. The summed E-state index contributed by atoms with van der Waals surface area (Å²) in [6.07, 6.45) is 2.39. The lowest BCUT2D eigenvalue weighted by molar-refractivity contribution is 0.235. The van der Waals surface area contributed by atoms with Crippen molar-refractivity contribution >= 4 is 22.9 Å². The van der Waals surface area contributed by atoms with E-state index in [1.54, 1.807) is 17.6 Å². The first kappa shape index (κ1) is 15.6. The Morgan fingerprint density at radius 2 is 2.15 bits per heavy atom. The molecule has 3 nitrogen and oxygen atoms in total. The third-order valence-electron chi connectivity index (χ3n) is 3.33. The Bertz CT molecular complexity index is 510. The molecule has 0 aromatic carbocycles. The van der Waals surface area contributed by atoms with Crippen LogP contribution in [0, 0.1) is 5.92 Å². The summed E-state index contributed by atoms with van der Waals surface area (Å²) in [6, 6.07) is 7.95. The van der Waals surface area contributed by atoms with E-state index < -0.39 is 0 Å². The third-order valence-corrected chi connectivity index (χ3v) is 4.63. The lowest BCUT2D eigenvalue weighted by atomic mass is 9.99. The zero-order chi connectivity index (χ0) is 14.5. The number of aliphatic hydroxyl groups is 1. The quantitative estimate of drug-likeness (QED) is 0.809. The predicted molar refractivity (Wildman–Crippen MR) is 83.3 cm³/mol. The molecule has 2 aromatic rings. The number of nitrogens with one attached hydrogen (secondary N) is 1. The SMILES string of the molecule is CC(C)C(CCO)NC(c1ccco1)c1ccc(Cl)s1. The van der Waals surface area contributed by atoms with Gasteiger partial charge in [-0.15, -0.1) is 11.3 Å². The standard InChI is InChI=1S/C15H20ClNO2S/c1-10(2)11(7-8-18)17-15(12-4-3-9-19-12)13-5-6-14(16)20-13/h3-6,9-11,15,17-18H,7-8H2,1-2H3. The molecular formula is C15H20ClNO2S. The van der Waals surface area contributed by atoms with Crippen molar-refractivity contribution in [1.82, 2.24) is 5.32 Å². The normalized spacial score (nSPS) is 14.7. The number of thiophene rings is 1. The van der Waals surface area contributed by atoms with Gasteiger partial charge in [0, 0.05) is 17.5 Å². The van der Waals surface area contributed by atoms with Gasteiger partial charge in [-0.3, -0.25) is 5.32 Å². The summed E-state index contributed by atoms with van der Waals surface area (Å²) in [7, 11) is 0. The molecule has 2 N–H and O–H groups in total. The number of halogens is 1. The minimum atomic E-state index is -0.0264. The summed E-state index contributed by atoms with van der Waals surface area (Å²) in [5.74, 6) is 1.29. The Kier molecular flexibility index (Phi) is 5.66. The Morgan fingerprint density at radius 1 is 1.35 bits per heavy atom. The summed E-state index contributed by atoms with van der Waals surface area (Å²) in [6.45, 7) is 4.47. The Hall–Kier alpha value is -0.810. The molecule has 0 saturated carbocycles. The third kappa shape index (κ3) is 3.85. The Morgan fingerprint density at radius 3 is 2.65 bits per heavy atom. The van der Waals surface area contributed by atoms with E-state index in [2.05, 4.69) is 19.2 Å². The maximum absolute atomic E-state index is 9.22. The molecule has 0 radical (unpaired) electrons. The number of rotatable bonds is 7. The zero-order valence-electron chi connectivity index (χ0n) is 11.7. The average Bonchev–Trinajstić information content (AvgIpc) is 3.05. The molecule has 0 spiro atoms. The van der Waals surface area contributed by atoms with Crippen molar-refractivity contribution in [3.8, 4) is 0 Å². The van der Waals surface area contributed by atoms with Crippen molar-refractivity contribution in [3.05, 3.63) is 45.5 Å². The van der Waals surface area contributed by atoms with Gasteiger partial charge in [0.2, 0.25) is 0 Å². The van der Waals surface area contributed by atoms with Crippen LogP contribution < -0.4 is 5.32 Å². The highest BCUT2D eigenvalue weighted by Crippen LogP contribution is 2.32. The van der Waals surface area contributed by atoms with Gasteiger partial charge in [-0.05, 0) is 36.6 Å². The van der Waals surface area contributed by atoms with E-state index in [0.29, 0.717) is 12.3 Å². The highest BCUT2D eigenvalue weighted by Gasteiger charge is 2.24. The fraction of sp³-hybridized carbons (Fsp3) is 0.467. The van der Waals surface area contributed by atoms with Crippen molar-refractivity contribution in [1.29, 1.82) is 0 Å². The maximum Gasteiger partial charge on any atom is 0.126 e. The topological polar surface area (TPSA) is 45.4 Å². The molecule has 5 heteroatoms. The van der Waals surface area contributed by atoms with Crippen LogP contribution >= 0.6 is 22.9 Å². The van der Waals surface area contributed by atoms with Gasteiger partial charge in [0.25, 0.3) is 0 Å². The van der Waals surface area contributed by atoms with Crippen LogP contribution in [0.2, 0.25) is 4.34 Å². The van der Waals surface area contributed by atoms with Gasteiger partial charge < -0.3 is 9.52 Å². The molecule has 0 bridgehead atoms. The monoisotopic (exact) mass is 313 g/mol. The summed E-state index contributed by atoms with van der Waals surface area (Å²) in [5.41, 5.74) is 0. The number of furan rings is 1. The van der Waals surface area contributed by atoms with Crippen LogP contribution in [0.4, 0.5) is 0 Å². The molecular weight excluding hydrogens is 294 g/mol. The van der Waals surface area contributed by atoms with E-state index in [0.717, 1.165) is 15.0 Å². The Labute approximate surface area is 128 Å². The lowest BCUT2D eigenvalue weighted by Gasteiger charge is -2.26. The number of hydrogen-bond acceptors (Lipinski definition) is 4. The zero-order valence-corrected chi connectivity index (χ0v) is 13.2. The first-order valence-electron chi connectivity index (χ1n) is 6.77. The van der Waals surface area contributed by atoms with Crippen LogP contribution in [0.3, 0.4) is 0 Å². The van der Waals surface area contributed by atoms with Crippen molar-refractivity contribution in [2.24, 2.45) is 5.92 Å². The van der Waals surface area contributed by atoms with Gasteiger partial charge in [0.1, 0.15) is 11.8 Å². The largest absolute Gasteiger partial charge is 0.467 e. The molecule has 0 fully saturated rings. The summed E-state index contributed by atoms with van der Waals surface area (Å²) >= 11 is 7.59. The summed E-state index contributed by atoms with van der Waals surface area (Å²) in [4.78, 5) is 1.12. The molecule has 2 atom stereocenters. The van der Waals surface area contributed by atoms with Gasteiger partial charge in [0.15, 0.2) is 0 Å². The number of aliphatic hydroxyl groups excluding tert-OH is 1. The van der Waals surface area contributed by atoms with Crippen molar-refractivity contribution in [3.63, 3.8) is 0 Å². The van der Waals surface area contributed by atoms with Crippen LogP contribution in [0.15, 0.2) is 34.9 Å². The van der Waals surface area contributed by atoms with E-state index >= 15 is 0 Å². The molecule has 2 aromatic heterocycles. The highest BCUT2D eigenvalue weighted by molar-refractivity contribution is 7.16. The van der Waals surface area contributed by atoms with E-state index in [9.17, 15) is 5.11 Å². The molecule has 110 valence electrons. The van der Waals surface area contributed by atoms with Crippen molar-refractivity contribution < 1.29 is 9.52 Å². The highest BCUT2D eigenvalue weighted by atomic mass is 35.5. The maximum atomic E-state index is 9.22. The lowest BCUT2D eigenvalue weighted by Crippen LogP contribution is -2.37. The van der Waals surface area contributed by atoms with Crippen molar-refractivity contribution in [2.75, 3.05) is 6.61 Å². The van der Waals surface area contributed by atoms with Crippen LogP contribution in [0.25, 0.3) is 0 Å². The summed E-state index contributed by atoms with van der Waals surface area (Å²) < 4.78 is 6.32. The minimum absolute atomic E-state index is 0.0264. The molecule has 0 saturated heterocycles. The van der Waals surface area contributed by atoms with E-state index in [1.165, 1.54) is 0 Å². The smallest absolute Gasteiger partial charge is 0.126 e. The van der Waals surface area contributed by atoms with Crippen molar-refractivity contribution in [2.45, 2.75) is 32.4 Å². The first-order valence-corrected chi connectivity index (χ1v) is 7.96. The molecule has 2 rings (SSSR count). The predicted octanol–water partition coefficient (Wildman–Crippen LogP) is 4.08. The average molecular weight is 314 g/mol. The summed E-state index contributed by atoms with van der Waals surface area (Å²) in [5, 5.41) is 12.8. The molecule has 2 heterocycles. The second-order valence-corrected chi connectivity index (χ2v) is 6.87. The van der Waals surface area contributed by atoms with Gasteiger partial charge in [-0.2, -0.15) is 0 Å². The fourth-order valence-electron chi connectivity index (χ4n) is 2.21. The second kappa shape index (κ2) is 7.27. The van der Waals surface area contributed by atoms with Crippen LogP contribution in [-0.2, 0) is 0 Å². The minimum Gasteiger partial charge on any atom is -0.467 e. The van der Waals surface area contributed by atoms with E-state index in [1.807, 2.05) is 24.3 Å². The van der Waals surface area contributed by atoms with Gasteiger partial charge >= 0.3 is 0 Å².